The first-order chi connectivity index (χ1) is 7.65. The highest BCUT2D eigenvalue weighted by Crippen LogP contribution is 2.41. The molecule has 1 aromatic heterocycles. The fraction of sp³-hybridized carbons (Fsp3) is 0.727. The lowest BCUT2D eigenvalue weighted by atomic mass is 10.4. The van der Waals surface area contributed by atoms with Crippen molar-refractivity contribution in [1.82, 2.24) is 10.3 Å². The molecule has 0 amide bonds. The van der Waals surface area contributed by atoms with Crippen LogP contribution in [0.25, 0.3) is 0 Å². The van der Waals surface area contributed by atoms with E-state index in [-0.39, 0.29) is 0 Å². The first-order valence-electron chi connectivity index (χ1n) is 5.63. The van der Waals surface area contributed by atoms with Crippen LogP contribution < -0.4 is 5.32 Å². The fourth-order valence-electron chi connectivity index (χ4n) is 1.61. The Morgan fingerprint density at radius 1 is 1.69 bits per heavy atom. The van der Waals surface area contributed by atoms with Gasteiger partial charge in [-0.1, -0.05) is 0 Å². The molecule has 2 rings (SSSR count). The Labute approximate surface area is 103 Å². The summed E-state index contributed by atoms with van der Waals surface area (Å²) in [6.45, 7) is 2.92. The van der Waals surface area contributed by atoms with Crippen molar-refractivity contribution < 1.29 is 4.21 Å². The van der Waals surface area contributed by atoms with Crippen molar-refractivity contribution in [3.63, 3.8) is 0 Å². The maximum Gasteiger partial charge on any atom is 0.0959 e. The molecular weight excluding hydrogens is 240 g/mol. The average Bonchev–Trinajstić information content (AvgIpc) is 2.94. The Bertz CT molecular complexity index is 374. The minimum Gasteiger partial charge on any atom is -0.308 e. The van der Waals surface area contributed by atoms with Crippen molar-refractivity contribution in [3.8, 4) is 0 Å². The van der Waals surface area contributed by atoms with Crippen LogP contribution in [0.1, 0.15) is 35.6 Å². The summed E-state index contributed by atoms with van der Waals surface area (Å²) in [5.74, 6) is 1.47. The van der Waals surface area contributed by atoms with E-state index in [1.165, 1.54) is 22.7 Å². The Balaban J connectivity index is 1.77. The number of rotatable bonds is 6. The molecule has 2 atom stereocenters. The van der Waals surface area contributed by atoms with Crippen molar-refractivity contribution in [3.05, 3.63) is 16.1 Å². The molecule has 16 heavy (non-hydrogen) atoms. The molecule has 1 N–H and O–H groups in total. The van der Waals surface area contributed by atoms with Crippen LogP contribution in [0, 0.1) is 0 Å². The summed E-state index contributed by atoms with van der Waals surface area (Å²) in [4.78, 5) is 5.72. The second-order valence-corrected chi connectivity index (χ2v) is 7.09. The van der Waals surface area contributed by atoms with E-state index in [1.54, 1.807) is 6.26 Å². The maximum absolute atomic E-state index is 11.0. The monoisotopic (exact) mass is 258 g/mol. The molecule has 0 spiro atoms. The van der Waals surface area contributed by atoms with E-state index in [2.05, 4.69) is 17.2 Å². The van der Waals surface area contributed by atoms with Gasteiger partial charge in [0, 0.05) is 52.4 Å². The highest BCUT2D eigenvalue weighted by Gasteiger charge is 2.26. The summed E-state index contributed by atoms with van der Waals surface area (Å²) < 4.78 is 11.0. The van der Waals surface area contributed by atoms with Crippen LogP contribution in [0.5, 0.6) is 0 Å². The van der Waals surface area contributed by atoms with Gasteiger partial charge >= 0.3 is 0 Å². The quantitative estimate of drug-likeness (QED) is 0.847. The molecule has 0 bridgehead atoms. The molecule has 0 aromatic carbocycles. The van der Waals surface area contributed by atoms with E-state index in [0.717, 1.165) is 12.5 Å². The average molecular weight is 258 g/mol. The van der Waals surface area contributed by atoms with Crippen LogP contribution in [0.3, 0.4) is 0 Å². The topological polar surface area (TPSA) is 42.0 Å². The van der Waals surface area contributed by atoms with E-state index in [0.29, 0.717) is 11.8 Å². The standard InChI is InChI=1S/C11H18N2OS2/c1-8(7-16(2)14)12-5-10-6-13-11(15-10)9-3-4-9/h6,8-9,12H,3-5,7H2,1-2H3. The summed E-state index contributed by atoms with van der Waals surface area (Å²) in [6, 6.07) is 0.303. The van der Waals surface area contributed by atoms with Gasteiger partial charge in [-0.2, -0.15) is 0 Å². The van der Waals surface area contributed by atoms with Crippen LogP contribution in [-0.2, 0) is 17.3 Å². The van der Waals surface area contributed by atoms with Gasteiger partial charge in [0.05, 0.1) is 5.01 Å². The zero-order valence-electron chi connectivity index (χ0n) is 9.73. The highest BCUT2D eigenvalue weighted by atomic mass is 32.2. The van der Waals surface area contributed by atoms with Gasteiger partial charge in [0.25, 0.3) is 0 Å². The van der Waals surface area contributed by atoms with Gasteiger partial charge < -0.3 is 5.32 Å². The normalized spacial score (nSPS) is 19.6. The molecule has 90 valence electrons. The van der Waals surface area contributed by atoms with Crippen molar-refractivity contribution in [1.29, 1.82) is 0 Å². The molecule has 1 heterocycles. The number of thiazole rings is 1. The lowest BCUT2D eigenvalue weighted by Crippen LogP contribution is -2.30. The van der Waals surface area contributed by atoms with E-state index in [9.17, 15) is 4.21 Å². The largest absolute Gasteiger partial charge is 0.308 e. The minimum atomic E-state index is -0.720. The Morgan fingerprint density at radius 3 is 3.06 bits per heavy atom. The van der Waals surface area contributed by atoms with E-state index >= 15 is 0 Å². The number of hydrogen-bond acceptors (Lipinski definition) is 4. The predicted octanol–water partition coefficient (Wildman–Crippen LogP) is 1.88. The molecule has 0 saturated heterocycles. The molecule has 0 radical (unpaired) electrons. The molecule has 3 nitrogen and oxygen atoms in total. The van der Waals surface area contributed by atoms with Gasteiger partial charge in [0.1, 0.15) is 0 Å². The lowest BCUT2D eigenvalue weighted by molar-refractivity contribution is 0.591. The molecule has 1 fully saturated rings. The third-order valence-electron chi connectivity index (χ3n) is 2.61. The SMILES string of the molecule is CC(CS(C)=O)NCc1cnc(C2CC2)s1. The zero-order chi connectivity index (χ0) is 11.5. The summed E-state index contributed by atoms with van der Waals surface area (Å²) in [6.07, 6.45) is 6.34. The molecular formula is C11H18N2OS2. The minimum absolute atomic E-state index is 0.303. The van der Waals surface area contributed by atoms with Crippen LogP contribution in [0.4, 0.5) is 0 Å². The van der Waals surface area contributed by atoms with Gasteiger partial charge in [-0.25, -0.2) is 4.98 Å². The third kappa shape index (κ3) is 3.64. The van der Waals surface area contributed by atoms with Crippen molar-refractivity contribution in [2.75, 3.05) is 12.0 Å². The smallest absolute Gasteiger partial charge is 0.0959 e. The first kappa shape index (κ1) is 12.2. The number of nitrogens with zero attached hydrogens (tertiary/aromatic N) is 1. The number of nitrogens with one attached hydrogen (secondary N) is 1. The van der Waals surface area contributed by atoms with E-state index in [4.69, 9.17) is 0 Å². The van der Waals surface area contributed by atoms with Gasteiger partial charge in [-0.15, -0.1) is 11.3 Å². The van der Waals surface area contributed by atoms with Crippen LogP contribution in [-0.4, -0.2) is 27.2 Å². The highest BCUT2D eigenvalue weighted by molar-refractivity contribution is 7.84. The molecule has 0 aliphatic heterocycles. The maximum atomic E-state index is 11.0. The number of aromatic nitrogens is 1. The van der Waals surface area contributed by atoms with Crippen LogP contribution in [0.15, 0.2) is 6.20 Å². The molecule has 5 heteroatoms. The molecule has 1 saturated carbocycles. The van der Waals surface area contributed by atoms with Crippen molar-refractivity contribution in [2.24, 2.45) is 0 Å². The van der Waals surface area contributed by atoms with Crippen LogP contribution >= 0.6 is 11.3 Å². The van der Waals surface area contributed by atoms with Crippen molar-refractivity contribution >= 4 is 22.1 Å². The Morgan fingerprint density at radius 2 is 2.44 bits per heavy atom. The first-order valence-corrected chi connectivity index (χ1v) is 8.17. The summed E-state index contributed by atoms with van der Waals surface area (Å²) >= 11 is 1.81. The zero-order valence-corrected chi connectivity index (χ0v) is 11.4. The third-order valence-corrected chi connectivity index (χ3v) is 4.74. The molecule has 2 unspecified atom stereocenters. The fourth-order valence-corrected chi connectivity index (χ4v) is 3.47. The lowest BCUT2D eigenvalue weighted by Gasteiger charge is -2.10. The van der Waals surface area contributed by atoms with Gasteiger partial charge in [0.2, 0.25) is 0 Å². The van der Waals surface area contributed by atoms with E-state index in [1.807, 2.05) is 17.5 Å². The summed E-state index contributed by atoms with van der Waals surface area (Å²) in [7, 11) is -0.720. The predicted molar refractivity (Wildman–Crippen MR) is 69.3 cm³/mol. The second kappa shape index (κ2) is 5.38. The molecule has 1 aliphatic rings. The Kier molecular flexibility index (Phi) is 4.10. The Hall–Kier alpha value is -0.260. The molecule has 1 aromatic rings. The summed E-state index contributed by atoms with van der Waals surface area (Å²) in [5, 5.41) is 4.68. The summed E-state index contributed by atoms with van der Waals surface area (Å²) in [5.41, 5.74) is 0. The number of hydrogen-bond donors (Lipinski definition) is 1. The molecule has 1 aliphatic carbocycles. The van der Waals surface area contributed by atoms with Crippen LogP contribution in [0.2, 0.25) is 0 Å². The van der Waals surface area contributed by atoms with Gasteiger partial charge in [0.15, 0.2) is 0 Å². The van der Waals surface area contributed by atoms with Gasteiger partial charge in [-0.05, 0) is 19.8 Å². The van der Waals surface area contributed by atoms with Crippen molar-refractivity contribution in [2.45, 2.75) is 38.3 Å². The van der Waals surface area contributed by atoms with Gasteiger partial charge in [-0.3, -0.25) is 4.21 Å². The second-order valence-electron chi connectivity index (χ2n) is 4.46. The van der Waals surface area contributed by atoms with E-state index < -0.39 is 10.8 Å².